The van der Waals surface area contributed by atoms with Crippen LogP contribution in [0.1, 0.15) is 11.6 Å². The second-order valence-electron chi connectivity index (χ2n) is 4.32. The third-order valence-corrected chi connectivity index (χ3v) is 2.82. The summed E-state index contributed by atoms with van der Waals surface area (Å²) in [5.74, 6) is 0.198. The van der Waals surface area contributed by atoms with Crippen LogP contribution < -0.4 is 15.8 Å². The summed E-state index contributed by atoms with van der Waals surface area (Å²) in [6, 6.07) is 18.0. The van der Waals surface area contributed by atoms with Crippen LogP contribution in [0, 0.1) is 0 Å². The Labute approximate surface area is 147 Å². The van der Waals surface area contributed by atoms with Crippen molar-refractivity contribution < 1.29 is 9.53 Å². The van der Waals surface area contributed by atoms with Gasteiger partial charge in [-0.25, -0.2) is 4.79 Å². The Morgan fingerprint density at radius 3 is 2.19 bits per heavy atom. The molecule has 0 spiro atoms. The molecule has 0 aliphatic rings. The number of carbonyl (C=O) groups excluding carboxylic acids is 1. The molecule has 0 aromatic heterocycles. The number of hydrogen-bond acceptors (Lipinski definition) is 4. The van der Waals surface area contributed by atoms with Crippen LogP contribution in [0.15, 0.2) is 60.7 Å². The van der Waals surface area contributed by atoms with Crippen molar-refractivity contribution in [1.29, 1.82) is 0 Å². The van der Waals surface area contributed by atoms with Crippen LogP contribution in [0.3, 0.4) is 0 Å². The molecule has 3 N–H and O–H groups in total. The van der Waals surface area contributed by atoms with Crippen molar-refractivity contribution in [1.82, 2.24) is 5.32 Å². The summed E-state index contributed by atoms with van der Waals surface area (Å²) in [7, 11) is 0. The Morgan fingerprint density at radius 2 is 1.62 bits per heavy atom. The molecule has 2 aromatic carbocycles. The number of nitrogens with one attached hydrogen (secondary N) is 1. The average Bonchev–Trinajstić information content (AvgIpc) is 2.50. The Bertz CT molecular complexity index is 534. The Hall–Kier alpha value is -1.17. The predicted molar refractivity (Wildman–Crippen MR) is 85.5 cm³/mol. The summed E-state index contributed by atoms with van der Waals surface area (Å²) >= 11 is 0. The molecule has 0 heterocycles. The van der Waals surface area contributed by atoms with Crippen LogP contribution in [0.2, 0.25) is 0 Å². The summed E-state index contributed by atoms with van der Waals surface area (Å²) in [6.07, 6.45) is 0. The Morgan fingerprint density at radius 1 is 1.05 bits per heavy atom. The van der Waals surface area contributed by atoms with Crippen molar-refractivity contribution in [2.45, 2.75) is 6.04 Å². The van der Waals surface area contributed by atoms with Crippen LogP contribution >= 0.6 is 0 Å². The van der Waals surface area contributed by atoms with Crippen LogP contribution in [0.4, 0.5) is 0 Å². The minimum absolute atomic E-state index is 0. The van der Waals surface area contributed by atoms with Crippen LogP contribution in [-0.4, -0.2) is 48.6 Å². The summed E-state index contributed by atoms with van der Waals surface area (Å²) in [6.45, 7) is 1.01. The number of carbonyl (C=O) groups is 1. The molecule has 0 bridgehead atoms. The zero-order valence-electron chi connectivity index (χ0n) is 11.2. The van der Waals surface area contributed by atoms with Gasteiger partial charge in [-0.15, -0.1) is 0 Å². The van der Waals surface area contributed by atoms with E-state index in [0.717, 1.165) is 5.56 Å². The van der Waals surface area contributed by atoms with E-state index >= 15 is 0 Å². The first kappa shape index (κ1) is 17.9. The number of hydrogen-bond donors (Lipinski definition) is 2. The summed E-state index contributed by atoms with van der Waals surface area (Å²) < 4.78 is 5.39. The fourth-order valence-corrected chi connectivity index (χ4v) is 1.87. The van der Waals surface area contributed by atoms with Crippen molar-refractivity contribution in [3.8, 4) is 5.75 Å². The Kier molecular flexibility index (Phi) is 8.27. The second kappa shape index (κ2) is 9.71. The third kappa shape index (κ3) is 5.61. The van der Waals surface area contributed by atoms with Gasteiger partial charge in [0.2, 0.25) is 0 Å². The molecule has 0 radical (unpaired) electrons. The number of rotatable bonds is 6. The van der Waals surface area contributed by atoms with Gasteiger partial charge in [0.15, 0.2) is 0 Å². The molecule has 1 atom stereocenters. The number of para-hydroxylation sites is 1. The molecule has 2 rings (SSSR count). The molecule has 0 amide bonds. The number of esters is 1. The van der Waals surface area contributed by atoms with Gasteiger partial charge in [0.1, 0.15) is 11.8 Å². The van der Waals surface area contributed by atoms with E-state index in [1.54, 1.807) is 12.1 Å². The van der Waals surface area contributed by atoms with Crippen LogP contribution in [0.25, 0.3) is 0 Å². The summed E-state index contributed by atoms with van der Waals surface area (Å²) in [5, 5.41) is 3.11. The molecule has 0 aliphatic carbocycles. The maximum absolute atomic E-state index is 12.3. The van der Waals surface area contributed by atoms with Gasteiger partial charge in [-0.3, -0.25) is 5.32 Å². The zero-order valence-corrected chi connectivity index (χ0v) is 11.2. The molecule has 5 heteroatoms. The van der Waals surface area contributed by atoms with Crippen molar-refractivity contribution in [2.75, 3.05) is 13.1 Å². The Balaban J connectivity index is 0.00000220. The van der Waals surface area contributed by atoms with E-state index in [2.05, 4.69) is 5.32 Å². The topological polar surface area (TPSA) is 64.3 Å². The number of nitrogens with two attached hydrogens (primary N) is 1. The fourth-order valence-electron chi connectivity index (χ4n) is 1.87. The van der Waals surface area contributed by atoms with Crippen LogP contribution in [0.5, 0.6) is 5.75 Å². The average molecular weight is 294 g/mol. The molecular formula is C16H19N2NaO2. The molecule has 0 saturated carbocycles. The molecule has 1 unspecified atom stereocenters. The normalized spacial score (nSPS) is 11.3. The molecule has 21 heavy (non-hydrogen) atoms. The first-order valence-electron chi connectivity index (χ1n) is 6.56. The van der Waals surface area contributed by atoms with E-state index < -0.39 is 6.04 Å². The molecule has 4 nitrogen and oxygen atoms in total. The van der Waals surface area contributed by atoms with E-state index in [9.17, 15) is 4.79 Å². The summed E-state index contributed by atoms with van der Waals surface area (Å²) in [4.78, 5) is 12.3. The monoisotopic (exact) mass is 294 g/mol. The van der Waals surface area contributed by atoms with E-state index in [1.165, 1.54) is 0 Å². The third-order valence-electron chi connectivity index (χ3n) is 2.82. The molecule has 2 aromatic rings. The van der Waals surface area contributed by atoms with Gasteiger partial charge in [-0.2, -0.15) is 0 Å². The van der Waals surface area contributed by atoms with Gasteiger partial charge in [-0.1, -0.05) is 48.5 Å². The number of ether oxygens (including phenoxy) is 1. The molecule has 0 fully saturated rings. The van der Waals surface area contributed by atoms with Gasteiger partial charge < -0.3 is 10.5 Å². The standard InChI is InChI=1S/C16H18N2O2.Na.H/c17-11-12-18-15(13-7-3-1-4-8-13)16(19)20-14-9-5-2-6-10-14;;/h1-10,15,18H,11-12,17H2;;. The first-order chi connectivity index (χ1) is 9.81. The first-order valence-corrected chi connectivity index (χ1v) is 6.56. The minimum atomic E-state index is -0.514. The van der Waals surface area contributed by atoms with Gasteiger partial charge >= 0.3 is 35.5 Å². The fraction of sp³-hybridized carbons (Fsp3) is 0.188. The van der Waals surface area contributed by atoms with E-state index in [-0.39, 0.29) is 35.5 Å². The molecule has 0 saturated heterocycles. The molecule has 0 aliphatic heterocycles. The van der Waals surface area contributed by atoms with E-state index in [4.69, 9.17) is 10.5 Å². The summed E-state index contributed by atoms with van der Waals surface area (Å²) in [5.41, 5.74) is 6.36. The maximum atomic E-state index is 12.3. The van der Waals surface area contributed by atoms with Gasteiger partial charge in [0.05, 0.1) is 0 Å². The molecular weight excluding hydrogens is 275 g/mol. The van der Waals surface area contributed by atoms with Crippen molar-refractivity contribution in [3.63, 3.8) is 0 Å². The molecule has 106 valence electrons. The second-order valence-corrected chi connectivity index (χ2v) is 4.32. The van der Waals surface area contributed by atoms with Gasteiger partial charge in [0, 0.05) is 13.1 Å². The van der Waals surface area contributed by atoms with E-state index in [1.807, 2.05) is 48.5 Å². The van der Waals surface area contributed by atoms with Gasteiger partial charge in [0.25, 0.3) is 0 Å². The zero-order chi connectivity index (χ0) is 14.2. The van der Waals surface area contributed by atoms with E-state index in [0.29, 0.717) is 18.8 Å². The number of benzene rings is 2. The quantitative estimate of drug-likeness (QED) is 0.478. The predicted octanol–water partition coefficient (Wildman–Crippen LogP) is 1.23. The van der Waals surface area contributed by atoms with Crippen molar-refractivity contribution in [2.24, 2.45) is 5.73 Å². The van der Waals surface area contributed by atoms with Crippen molar-refractivity contribution >= 4 is 35.5 Å². The SMILES string of the molecule is NCCNC(C(=O)Oc1ccccc1)c1ccccc1.[NaH]. The van der Waals surface area contributed by atoms with Gasteiger partial charge in [-0.05, 0) is 17.7 Å². The van der Waals surface area contributed by atoms with Crippen LogP contribution in [-0.2, 0) is 4.79 Å². The van der Waals surface area contributed by atoms with Crippen molar-refractivity contribution in [3.05, 3.63) is 66.2 Å².